The molecule has 102 valence electrons. The van der Waals surface area contributed by atoms with Gasteiger partial charge in [-0.1, -0.05) is 13.0 Å². The van der Waals surface area contributed by atoms with E-state index in [4.69, 9.17) is 5.73 Å². The van der Waals surface area contributed by atoms with Crippen LogP contribution in [0.1, 0.15) is 25.5 Å². The minimum absolute atomic E-state index is 0.249. The number of aromatic nitrogens is 1. The van der Waals surface area contributed by atoms with Crippen molar-refractivity contribution in [1.29, 1.82) is 0 Å². The average molecular weight is 250 g/mol. The summed E-state index contributed by atoms with van der Waals surface area (Å²) in [5, 5.41) is 0. The first-order valence-corrected chi connectivity index (χ1v) is 6.60. The van der Waals surface area contributed by atoms with Gasteiger partial charge in [0.15, 0.2) is 0 Å². The molecule has 0 spiro atoms. The third kappa shape index (κ3) is 4.05. The molecule has 2 unspecified atom stereocenters. The number of hydrogen-bond acceptors (Lipinski definition) is 4. The molecule has 1 rings (SSSR count). The van der Waals surface area contributed by atoms with Gasteiger partial charge in [0.25, 0.3) is 0 Å². The highest BCUT2D eigenvalue weighted by Gasteiger charge is 2.22. The maximum absolute atomic E-state index is 5.97. The highest BCUT2D eigenvalue weighted by atomic mass is 15.2. The minimum atomic E-state index is 0.249. The first-order valence-electron chi connectivity index (χ1n) is 6.60. The Hall–Kier alpha value is -0.970. The quantitative estimate of drug-likeness (QED) is 0.793. The van der Waals surface area contributed by atoms with E-state index in [2.05, 4.69) is 48.8 Å². The van der Waals surface area contributed by atoms with Crippen LogP contribution in [0.3, 0.4) is 0 Å². The van der Waals surface area contributed by atoms with E-state index in [9.17, 15) is 0 Å². The zero-order valence-electron chi connectivity index (χ0n) is 12.0. The Balaban J connectivity index is 2.84. The van der Waals surface area contributed by atoms with Gasteiger partial charge in [0.1, 0.15) is 0 Å². The Kier molecular flexibility index (Phi) is 6.25. The van der Waals surface area contributed by atoms with Crippen LogP contribution in [0.15, 0.2) is 24.5 Å². The van der Waals surface area contributed by atoms with Crippen LogP contribution in [-0.2, 0) is 0 Å². The lowest BCUT2D eigenvalue weighted by atomic mass is 10.1. The van der Waals surface area contributed by atoms with Crippen LogP contribution in [0.5, 0.6) is 0 Å². The van der Waals surface area contributed by atoms with Gasteiger partial charge in [0, 0.05) is 37.6 Å². The van der Waals surface area contributed by atoms with Crippen LogP contribution in [-0.4, -0.2) is 54.6 Å². The largest absolute Gasteiger partial charge is 0.329 e. The summed E-state index contributed by atoms with van der Waals surface area (Å²) in [5.74, 6) is 0. The number of likely N-dealkylation sites (N-methyl/N-ethyl adjacent to an activating group) is 2. The van der Waals surface area contributed by atoms with Gasteiger partial charge >= 0.3 is 0 Å². The van der Waals surface area contributed by atoms with Crippen molar-refractivity contribution in [3.05, 3.63) is 30.1 Å². The molecule has 0 aromatic carbocycles. The van der Waals surface area contributed by atoms with E-state index in [-0.39, 0.29) is 6.04 Å². The van der Waals surface area contributed by atoms with Crippen molar-refractivity contribution in [2.24, 2.45) is 5.73 Å². The molecule has 0 aliphatic heterocycles. The Bertz CT molecular complexity index is 326. The molecule has 0 saturated heterocycles. The van der Waals surface area contributed by atoms with Crippen molar-refractivity contribution in [2.75, 3.05) is 33.7 Å². The van der Waals surface area contributed by atoms with Gasteiger partial charge in [0.2, 0.25) is 0 Å². The van der Waals surface area contributed by atoms with Crippen LogP contribution in [0.2, 0.25) is 0 Å². The van der Waals surface area contributed by atoms with E-state index >= 15 is 0 Å². The second-order valence-electron chi connectivity index (χ2n) is 4.98. The van der Waals surface area contributed by atoms with E-state index < -0.39 is 0 Å². The molecule has 4 heteroatoms. The van der Waals surface area contributed by atoms with E-state index in [1.165, 1.54) is 5.56 Å². The summed E-state index contributed by atoms with van der Waals surface area (Å²) in [6.07, 6.45) is 3.72. The van der Waals surface area contributed by atoms with Gasteiger partial charge in [-0.05, 0) is 39.2 Å². The van der Waals surface area contributed by atoms with Gasteiger partial charge in [-0.25, -0.2) is 0 Å². The zero-order valence-corrected chi connectivity index (χ0v) is 12.0. The number of nitrogens with two attached hydrogens (primary N) is 1. The number of pyridine rings is 1. The summed E-state index contributed by atoms with van der Waals surface area (Å²) >= 11 is 0. The summed E-state index contributed by atoms with van der Waals surface area (Å²) in [6, 6.07) is 4.80. The van der Waals surface area contributed by atoms with Crippen molar-refractivity contribution >= 4 is 0 Å². The van der Waals surface area contributed by atoms with Gasteiger partial charge in [-0.2, -0.15) is 0 Å². The Morgan fingerprint density at radius 2 is 2.11 bits per heavy atom. The average Bonchev–Trinajstić information content (AvgIpc) is 2.35. The standard InChI is InChI=1S/C14H26N4/c1-5-18(12(2)11-17(3)4)14(9-15)13-7-6-8-16-10-13/h6-8,10,12,14H,5,9,11,15H2,1-4H3. The Morgan fingerprint density at radius 3 is 2.56 bits per heavy atom. The highest BCUT2D eigenvalue weighted by Crippen LogP contribution is 2.21. The Labute approximate surface area is 111 Å². The van der Waals surface area contributed by atoms with Crippen LogP contribution < -0.4 is 5.73 Å². The molecular weight excluding hydrogens is 224 g/mol. The van der Waals surface area contributed by atoms with Crippen LogP contribution in [0.4, 0.5) is 0 Å². The smallest absolute Gasteiger partial charge is 0.0488 e. The van der Waals surface area contributed by atoms with Crippen molar-refractivity contribution in [1.82, 2.24) is 14.8 Å². The highest BCUT2D eigenvalue weighted by molar-refractivity contribution is 5.14. The minimum Gasteiger partial charge on any atom is -0.329 e. The molecule has 18 heavy (non-hydrogen) atoms. The van der Waals surface area contributed by atoms with E-state index in [0.29, 0.717) is 12.6 Å². The number of rotatable bonds is 7. The molecule has 0 aliphatic rings. The molecular formula is C14H26N4. The first-order chi connectivity index (χ1) is 8.60. The maximum Gasteiger partial charge on any atom is 0.0488 e. The van der Waals surface area contributed by atoms with E-state index in [1.807, 2.05) is 12.3 Å². The number of nitrogens with zero attached hydrogens (tertiary/aromatic N) is 3. The van der Waals surface area contributed by atoms with E-state index in [0.717, 1.165) is 13.1 Å². The van der Waals surface area contributed by atoms with Crippen molar-refractivity contribution in [3.63, 3.8) is 0 Å². The zero-order chi connectivity index (χ0) is 13.5. The number of hydrogen-bond donors (Lipinski definition) is 1. The molecule has 0 bridgehead atoms. The van der Waals surface area contributed by atoms with Crippen LogP contribution in [0.25, 0.3) is 0 Å². The molecule has 0 radical (unpaired) electrons. The maximum atomic E-state index is 5.97. The molecule has 1 heterocycles. The third-order valence-electron chi connectivity index (χ3n) is 3.25. The monoisotopic (exact) mass is 250 g/mol. The van der Waals surface area contributed by atoms with Gasteiger partial charge < -0.3 is 10.6 Å². The lowest BCUT2D eigenvalue weighted by Crippen LogP contribution is -2.44. The Morgan fingerprint density at radius 1 is 1.39 bits per heavy atom. The predicted octanol–water partition coefficient (Wildman–Crippen LogP) is 1.35. The normalized spacial score (nSPS) is 15.1. The molecule has 2 N–H and O–H groups in total. The summed E-state index contributed by atoms with van der Waals surface area (Å²) < 4.78 is 0. The molecule has 4 nitrogen and oxygen atoms in total. The molecule has 0 amide bonds. The first kappa shape index (κ1) is 15.1. The molecule has 2 atom stereocenters. The summed E-state index contributed by atoms with van der Waals surface area (Å²) in [4.78, 5) is 8.85. The fourth-order valence-electron chi connectivity index (χ4n) is 2.51. The molecule has 0 aliphatic carbocycles. The predicted molar refractivity (Wildman–Crippen MR) is 76.4 cm³/mol. The van der Waals surface area contributed by atoms with Gasteiger partial charge in [-0.15, -0.1) is 0 Å². The second kappa shape index (κ2) is 7.46. The lowest BCUT2D eigenvalue weighted by molar-refractivity contribution is 0.131. The summed E-state index contributed by atoms with van der Waals surface area (Å²) in [6.45, 7) is 7.08. The van der Waals surface area contributed by atoms with Crippen LogP contribution >= 0.6 is 0 Å². The second-order valence-corrected chi connectivity index (χ2v) is 4.98. The van der Waals surface area contributed by atoms with Crippen molar-refractivity contribution < 1.29 is 0 Å². The molecule has 1 aromatic heterocycles. The molecule has 1 aromatic rings. The van der Waals surface area contributed by atoms with Gasteiger partial charge in [0.05, 0.1) is 0 Å². The fourth-order valence-corrected chi connectivity index (χ4v) is 2.51. The SMILES string of the molecule is CCN(C(C)CN(C)C)C(CN)c1cccnc1. The molecule has 0 fully saturated rings. The topological polar surface area (TPSA) is 45.4 Å². The summed E-state index contributed by atoms with van der Waals surface area (Å²) in [5.41, 5.74) is 7.17. The van der Waals surface area contributed by atoms with Crippen molar-refractivity contribution in [3.8, 4) is 0 Å². The molecule has 0 saturated carbocycles. The lowest BCUT2D eigenvalue weighted by Gasteiger charge is -2.36. The van der Waals surface area contributed by atoms with Gasteiger partial charge in [-0.3, -0.25) is 9.88 Å². The summed E-state index contributed by atoms with van der Waals surface area (Å²) in [7, 11) is 4.21. The van der Waals surface area contributed by atoms with E-state index in [1.54, 1.807) is 6.20 Å². The third-order valence-corrected chi connectivity index (χ3v) is 3.25. The van der Waals surface area contributed by atoms with Crippen LogP contribution in [0, 0.1) is 0 Å². The van der Waals surface area contributed by atoms with Crippen molar-refractivity contribution in [2.45, 2.75) is 25.9 Å². The fraction of sp³-hybridized carbons (Fsp3) is 0.643.